The lowest BCUT2D eigenvalue weighted by molar-refractivity contribution is 0.280. The van der Waals surface area contributed by atoms with Gasteiger partial charge in [0, 0.05) is 6.54 Å². The van der Waals surface area contributed by atoms with E-state index >= 15 is 0 Å². The Bertz CT molecular complexity index is 617. The van der Waals surface area contributed by atoms with Crippen LogP contribution in [0.1, 0.15) is 49.3 Å². The molecule has 1 aliphatic carbocycles. The predicted octanol–water partition coefficient (Wildman–Crippen LogP) is 2.65. The van der Waals surface area contributed by atoms with Gasteiger partial charge in [-0.1, -0.05) is 25.8 Å². The van der Waals surface area contributed by atoms with Crippen LogP contribution in [-0.2, 0) is 16.6 Å². The summed E-state index contributed by atoms with van der Waals surface area (Å²) in [6.45, 7) is 6.15. The second-order valence-corrected chi connectivity index (χ2v) is 8.28. The first-order valence-electron chi connectivity index (χ1n) is 7.48. The van der Waals surface area contributed by atoms with Crippen molar-refractivity contribution in [2.45, 2.75) is 58.0 Å². The topological polar surface area (TPSA) is 66.4 Å². The van der Waals surface area contributed by atoms with Crippen LogP contribution in [0.15, 0.2) is 17.0 Å². The summed E-state index contributed by atoms with van der Waals surface area (Å²) >= 11 is 0. The van der Waals surface area contributed by atoms with E-state index < -0.39 is 10.0 Å². The van der Waals surface area contributed by atoms with Crippen molar-refractivity contribution in [3.8, 4) is 0 Å². The van der Waals surface area contributed by atoms with E-state index in [9.17, 15) is 13.5 Å². The summed E-state index contributed by atoms with van der Waals surface area (Å²) in [6.07, 6.45) is 4.50. The predicted molar refractivity (Wildman–Crippen MR) is 83.6 cm³/mol. The van der Waals surface area contributed by atoms with Gasteiger partial charge in [0.2, 0.25) is 10.0 Å². The van der Waals surface area contributed by atoms with Gasteiger partial charge in [-0.05, 0) is 54.9 Å². The summed E-state index contributed by atoms with van der Waals surface area (Å²) in [6, 6.07) is 3.40. The summed E-state index contributed by atoms with van der Waals surface area (Å²) in [5.74, 6) is 0. The van der Waals surface area contributed by atoms with Crippen LogP contribution in [0.3, 0.4) is 0 Å². The van der Waals surface area contributed by atoms with Crippen molar-refractivity contribution in [3.63, 3.8) is 0 Å². The largest absolute Gasteiger partial charge is 0.392 e. The number of aliphatic hydroxyl groups is 1. The number of hydrogen-bond donors (Lipinski definition) is 2. The molecule has 0 aliphatic heterocycles. The number of nitrogens with one attached hydrogen (secondary N) is 1. The van der Waals surface area contributed by atoms with Crippen LogP contribution in [0.4, 0.5) is 0 Å². The molecule has 0 heterocycles. The highest BCUT2D eigenvalue weighted by Gasteiger charge is 2.30. The third-order valence-corrected chi connectivity index (χ3v) is 6.14. The average molecular weight is 311 g/mol. The molecule has 0 spiro atoms. The molecule has 5 heteroatoms. The first kappa shape index (κ1) is 16.5. The second kappa shape index (κ2) is 6.07. The monoisotopic (exact) mass is 311 g/mol. The molecule has 118 valence electrons. The number of hydrogen-bond acceptors (Lipinski definition) is 3. The Balaban J connectivity index is 2.23. The van der Waals surface area contributed by atoms with Gasteiger partial charge in [0.25, 0.3) is 0 Å². The van der Waals surface area contributed by atoms with E-state index in [4.69, 9.17) is 0 Å². The smallest absolute Gasteiger partial charge is 0.240 e. The fourth-order valence-electron chi connectivity index (χ4n) is 3.09. The van der Waals surface area contributed by atoms with Gasteiger partial charge >= 0.3 is 0 Å². The van der Waals surface area contributed by atoms with Gasteiger partial charge < -0.3 is 5.11 Å². The maximum atomic E-state index is 12.5. The van der Waals surface area contributed by atoms with Crippen LogP contribution in [0.25, 0.3) is 0 Å². The fraction of sp³-hybridized carbons (Fsp3) is 0.625. The van der Waals surface area contributed by atoms with Crippen LogP contribution in [0.2, 0.25) is 0 Å². The third-order valence-electron chi connectivity index (χ3n) is 4.59. The van der Waals surface area contributed by atoms with Crippen molar-refractivity contribution in [2.24, 2.45) is 5.41 Å². The molecule has 0 amide bonds. The Morgan fingerprint density at radius 3 is 2.38 bits per heavy atom. The Hall–Kier alpha value is -0.910. The molecule has 4 nitrogen and oxygen atoms in total. The zero-order valence-electron chi connectivity index (χ0n) is 13.1. The first-order valence-corrected chi connectivity index (χ1v) is 8.96. The molecular weight excluding hydrogens is 286 g/mol. The van der Waals surface area contributed by atoms with Gasteiger partial charge in [0.05, 0.1) is 11.5 Å². The maximum absolute atomic E-state index is 12.5. The third kappa shape index (κ3) is 3.65. The molecule has 1 aromatic rings. The van der Waals surface area contributed by atoms with E-state index in [1.165, 1.54) is 12.8 Å². The normalized spacial score (nSPS) is 18.1. The summed E-state index contributed by atoms with van der Waals surface area (Å²) in [4.78, 5) is 0.277. The van der Waals surface area contributed by atoms with Crippen molar-refractivity contribution in [2.75, 3.05) is 6.54 Å². The minimum absolute atomic E-state index is 0.0749. The van der Waals surface area contributed by atoms with E-state index in [1.807, 2.05) is 13.0 Å². The zero-order chi connectivity index (χ0) is 15.7. The van der Waals surface area contributed by atoms with Crippen LogP contribution in [0, 0.1) is 19.3 Å². The summed E-state index contributed by atoms with van der Waals surface area (Å²) in [7, 11) is -3.53. The van der Waals surface area contributed by atoms with Crippen LogP contribution >= 0.6 is 0 Å². The van der Waals surface area contributed by atoms with Crippen LogP contribution in [0.5, 0.6) is 0 Å². The summed E-state index contributed by atoms with van der Waals surface area (Å²) < 4.78 is 27.8. The van der Waals surface area contributed by atoms with Crippen molar-refractivity contribution in [3.05, 3.63) is 28.8 Å². The quantitative estimate of drug-likeness (QED) is 0.878. The molecule has 1 aliphatic rings. The minimum Gasteiger partial charge on any atom is -0.392 e. The SMILES string of the molecule is Cc1cc(C)c(S(=O)(=O)NCC2(C)CCCC2)cc1CO. The molecule has 21 heavy (non-hydrogen) atoms. The minimum atomic E-state index is -3.53. The van der Waals surface area contributed by atoms with E-state index in [-0.39, 0.29) is 16.9 Å². The van der Waals surface area contributed by atoms with Gasteiger partial charge in [-0.15, -0.1) is 0 Å². The van der Waals surface area contributed by atoms with Crippen molar-refractivity contribution in [1.29, 1.82) is 0 Å². The van der Waals surface area contributed by atoms with Gasteiger partial charge in [-0.3, -0.25) is 0 Å². The molecule has 1 saturated carbocycles. The van der Waals surface area contributed by atoms with E-state index in [0.29, 0.717) is 17.7 Å². The van der Waals surface area contributed by atoms with Gasteiger partial charge in [0.1, 0.15) is 0 Å². The number of sulfonamides is 1. The highest BCUT2D eigenvalue weighted by molar-refractivity contribution is 7.89. The molecule has 0 radical (unpaired) electrons. The Morgan fingerprint density at radius 1 is 1.19 bits per heavy atom. The number of aryl methyl sites for hydroxylation is 2. The molecule has 0 unspecified atom stereocenters. The van der Waals surface area contributed by atoms with E-state index in [0.717, 1.165) is 18.4 Å². The molecule has 2 rings (SSSR count). The standard InChI is InChI=1S/C16H25NO3S/c1-12-8-13(2)15(9-14(12)10-18)21(19,20)17-11-16(3)6-4-5-7-16/h8-9,17-18H,4-7,10-11H2,1-3H3. The molecule has 1 fully saturated rings. The molecule has 0 bridgehead atoms. The zero-order valence-corrected chi connectivity index (χ0v) is 13.9. The molecule has 1 aromatic carbocycles. The lowest BCUT2D eigenvalue weighted by Crippen LogP contribution is -2.34. The van der Waals surface area contributed by atoms with E-state index in [2.05, 4.69) is 11.6 Å². The molecular formula is C16H25NO3S. The van der Waals surface area contributed by atoms with Crippen LogP contribution in [-0.4, -0.2) is 20.1 Å². The average Bonchev–Trinajstić information content (AvgIpc) is 2.84. The van der Waals surface area contributed by atoms with E-state index in [1.54, 1.807) is 13.0 Å². The molecule has 2 N–H and O–H groups in total. The second-order valence-electron chi connectivity index (χ2n) is 6.54. The lowest BCUT2D eigenvalue weighted by atomic mass is 9.89. The van der Waals surface area contributed by atoms with Gasteiger partial charge in [-0.2, -0.15) is 0 Å². The Kier molecular flexibility index (Phi) is 4.76. The maximum Gasteiger partial charge on any atom is 0.240 e. The molecule has 0 aromatic heterocycles. The lowest BCUT2D eigenvalue weighted by Gasteiger charge is -2.24. The molecule has 0 saturated heterocycles. The first-order chi connectivity index (χ1) is 9.77. The van der Waals surface area contributed by atoms with Crippen LogP contribution < -0.4 is 4.72 Å². The number of benzene rings is 1. The van der Waals surface area contributed by atoms with Gasteiger partial charge in [0.15, 0.2) is 0 Å². The summed E-state index contributed by atoms with van der Waals surface area (Å²) in [5.41, 5.74) is 2.37. The van der Waals surface area contributed by atoms with Crippen molar-refractivity contribution >= 4 is 10.0 Å². The fourth-order valence-corrected chi connectivity index (χ4v) is 4.56. The molecule has 0 atom stereocenters. The van der Waals surface area contributed by atoms with Crippen molar-refractivity contribution < 1.29 is 13.5 Å². The summed E-state index contributed by atoms with van der Waals surface area (Å²) in [5, 5.41) is 9.33. The van der Waals surface area contributed by atoms with Gasteiger partial charge in [-0.25, -0.2) is 13.1 Å². The number of aliphatic hydroxyl groups excluding tert-OH is 1. The number of rotatable bonds is 5. The highest BCUT2D eigenvalue weighted by Crippen LogP contribution is 2.37. The Morgan fingerprint density at radius 2 is 1.81 bits per heavy atom. The van der Waals surface area contributed by atoms with Crippen molar-refractivity contribution in [1.82, 2.24) is 4.72 Å². The highest BCUT2D eigenvalue weighted by atomic mass is 32.2. The Labute approximate surface area is 127 Å².